The van der Waals surface area contributed by atoms with Crippen molar-refractivity contribution in [2.45, 2.75) is 45.8 Å². The number of urea groups is 2. The zero-order valence-electron chi connectivity index (χ0n) is 21.4. The molecule has 1 fully saturated rings. The summed E-state index contributed by atoms with van der Waals surface area (Å²) in [6.07, 6.45) is 1.63. The third-order valence-electron chi connectivity index (χ3n) is 6.21. The minimum absolute atomic E-state index is 0.0403. The summed E-state index contributed by atoms with van der Waals surface area (Å²) in [5.41, 5.74) is 1.69. The van der Waals surface area contributed by atoms with Crippen LogP contribution in [-0.2, 0) is 9.53 Å². The molecular weight excluding hydrogens is 482 g/mol. The summed E-state index contributed by atoms with van der Waals surface area (Å²) in [4.78, 5) is 44.6. The van der Waals surface area contributed by atoms with Gasteiger partial charge in [-0.1, -0.05) is 29.8 Å². The fourth-order valence-electron chi connectivity index (χ4n) is 4.57. The second-order valence-corrected chi connectivity index (χ2v) is 9.73. The number of ether oxygens (including phenoxy) is 1. The molecule has 1 aromatic rings. The van der Waals surface area contributed by atoms with Crippen LogP contribution in [0, 0.1) is 0 Å². The highest BCUT2D eigenvalue weighted by Gasteiger charge is 2.39. The molecule has 0 bridgehead atoms. The first-order chi connectivity index (χ1) is 17.2. The van der Waals surface area contributed by atoms with Crippen molar-refractivity contribution in [3.63, 3.8) is 0 Å². The minimum atomic E-state index is -0.680. The topological polar surface area (TPSA) is 94.2 Å². The number of carbonyl (C=O) groups excluding carboxylic acids is 3. The number of carbonyl (C=O) groups is 3. The Morgan fingerprint density at radius 3 is 2.56 bits per heavy atom. The average molecular weight is 518 g/mol. The van der Waals surface area contributed by atoms with E-state index in [0.717, 1.165) is 5.56 Å². The Morgan fingerprint density at radius 2 is 1.97 bits per heavy atom. The standard InChI is InChI=1S/C26H36ClN5O4/c1-6-12-32-21(16-30-13-14-31(18(5)15-30)25(34)28-17(3)4)22(24(33)36-7-2)23(29-26(32)35)19-8-10-20(27)11-9-19/h6,8-11,17-18,23H,1,7,12-16H2,2-5H3,(H,28,34)(H,29,35)/t18-,23+/m0/s1. The monoisotopic (exact) mass is 517 g/mol. The smallest absolute Gasteiger partial charge is 0.338 e. The summed E-state index contributed by atoms with van der Waals surface area (Å²) < 4.78 is 5.44. The molecule has 2 aliphatic heterocycles. The molecule has 2 N–H and O–H groups in total. The largest absolute Gasteiger partial charge is 0.463 e. The number of piperazine rings is 1. The van der Waals surface area contributed by atoms with Gasteiger partial charge in [0.2, 0.25) is 0 Å². The molecule has 0 aliphatic carbocycles. The van der Waals surface area contributed by atoms with Gasteiger partial charge in [0, 0.05) is 55.5 Å². The number of halogens is 1. The van der Waals surface area contributed by atoms with E-state index in [1.165, 1.54) is 4.90 Å². The van der Waals surface area contributed by atoms with Gasteiger partial charge < -0.3 is 20.3 Å². The Kier molecular flexibility index (Phi) is 9.39. The fraction of sp³-hybridized carbons (Fsp3) is 0.500. The Morgan fingerprint density at radius 1 is 1.28 bits per heavy atom. The van der Waals surface area contributed by atoms with Crippen LogP contribution < -0.4 is 10.6 Å². The van der Waals surface area contributed by atoms with Crippen molar-refractivity contribution in [2.24, 2.45) is 0 Å². The Labute approximate surface area is 218 Å². The number of hydrogen-bond acceptors (Lipinski definition) is 5. The van der Waals surface area contributed by atoms with E-state index >= 15 is 0 Å². The van der Waals surface area contributed by atoms with Gasteiger partial charge in [-0.25, -0.2) is 14.4 Å². The number of nitrogens with zero attached hydrogens (tertiary/aromatic N) is 3. The number of hydrogen-bond donors (Lipinski definition) is 2. The lowest BCUT2D eigenvalue weighted by atomic mass is 9.94. The SMILES string of the molecule is C=CCN1C(=O)N[C@H](c2ccc(Cl)cc2)C(C(=O)OCC)=C1CN1CCN(C(=O)NC(C)C)[C@@H](C)C1. The Balaban J connectivity index is 1.96. The highest BCUT2D eigenvalue weighted by Crippen LogP contribution is 2.33. The molecule has 0 aromatic heterocycles. The molecule has 0 saturated carbocycles. The summed E-state index contributed by atoms with van der Waals surface area (Å²) in [6.45, 7) is 13.9. The van der Waals surface area contributed by atoms with Gasteiger partial charge >= 0.3 is 18.0 Å². The van der Waals surface area contributed by atoms with Crippen LogP contribution in [0.3, 0.4) is 0 Å². The molecular formula is C26H36ClN5O4. The second-order valence-electron chi connectivity index (χ2n) is 9.30. The number of amides is 4. The van der Waals surface area contributed by atoms with Crippen LogP contribution in [0.4, 0.5) is 9.59 Å². The second kappa shape index (κ2) is 12.3. The summed E-state index contributed by atoms with van der Waals surface area (Å²) in [7, 11) is 0. The van der Waals surface area contributed by atoms with E-state index in [1.807, 2.05) is 25.7 Å². The van der Waals surface area contributed by atoms with Crippen LogP contribution >= 0.6 is 11.6 Å². The van der Waals surface area contributed by atoms with E-state index in [9.17, 15) is 14.4 Å². The summed E-state index contributed by atoms with van der Waals surface area (Å²) in [5, 5.41) is 6.46. The van der Waals surface area contributed by atoms with Gasteiger partial charge in [0.1, 0.15) is 0 Å². The molecule has 0 spiro atoms. The lowest BCUT2D eigenvalue weighted by Gasteiger charge is -2.43. The molecule has 0 radical (unpaired) electrons. The predicted octanol–water partition coefficient (Wildman–Crippen LogP) is 3.53. The van der Waals surface area contributed by atoms with Gasteiger partial charge in [-0.2, -0.15) is 0 Å². The van der Waals surface area contributed by atoms with Gasteiger partial charge in [-0.15, -0.1) is 6.58 Å². The number of nitrogens with one attached hydrogen (secondary N) is 2. The van der Waals surface area contributed by atoms with E-state index in [-0.39, 0.29) is 37.3 Å². The first kappa shape index (κ1) is 27.5. The molecule has 10 heteroatoms. The zero-order valence-corrected chi connectivity index (χ0v) is 22.2. The van der Waals surface area contributed by atoms with E-state index in [0.29, 0.717) is 42.5 Å². The third-order valence-corrected chi connectivity index (χ3v) is 6.46. The predicted molar refractivity (Wildman–Crippen MR) is 140 cm³/mol. The highest BCUT2D eigenvalue weighted by molar-refractivity contribution is 6.30. The lowest BCUT2D eigenvalue weighted by molar-refractivity contribution is -0.139. The average Bonchev–Trinajstić information content (AvgIpc) is 2.81. The summed E-state index contributed by atoms with van der Waals surface area (Å²) in [5.74, 6) is -0.482. The Hall–Kier alpha value is -3.04. The van der Waals surface area contributed by atoms with Crippen molar-refractivity contribution < 1.29 is 19.1 Å². The van der Waals surface area contributed by atoms with E-state index in [1.54, 1.807) is 37.3 Å². The lowest BCUT2D eigenvalue weighted by Crippen LogP contribution is -2.58. The van der Waals surface area contributed by atoms with E-state index in [4.69, 9.17) is 16.3 Å². The molecule has 3 rings (SSSR count). The van der Waals surface area contributed by atoms with Gasteiger partial charge in [0.15, 0.2) is 0 Å². The number of esters is 1. The van der Waals surface area contributed by atoms with Gasteiger partial charge in [0.05, 0.1) is 18.2 Å². The summed E-state index contributed by atoms with van der Waals surface area (Å²) >= 11 is 6.08. The molecule has 4 amide bonds. The van der Waals surface area contributed by atoms with Crippen LogP contribution in [0.2, 0.25) is 5.02 Å². The van der Waals surface area contributed by atoms with Crippen LogP contribution in [0.15, 0.2) is 48.2 Å². The van der Waals surface area contributed by atoms with Gasteiger partial charge in [-0.05, 0) is 45.4 Å². The van der Waals surface area contributed by atoms with E-state index < -0.39 is 12.0 Å². The molecule has 1 saturated heterocycles. The van der Waals surface area contributed by atoms with Crippen molar-refractivity contribution in [1.82, 2.24) is 25.3 Å². The molecule has 36 heavy (non-hydrogen) atoms. The molecule has 2 heterocycles. The fourth-order valence-corrected chi connectivity index (χ4v) is 4.70. The molecule has 9 nitrogen and oxygen atoms in total. The van der Waals surface area contributed by atoms with Crippen LogP contribution in [0.1, 0.15) is 39.3 Å². The highest BCUT2D eigenvalue weighted by atomic mass is 35.5. The van der Waals surface area contributed by atoms with Crippen LogP contribution in [0.25, 0.3) is 0 Å². The maximum atomic E-state index is 13.3. The Bertz CT molecular complexity index is 1010. The molecule has 2 aliphatic rings. The molecule has 1 aromatic carbocycles. The van der Waals surface area contributed by atoms with Crippen molar-refractivity contribution in [2.75, 3.05) is 39.3 Å². The third kappa shape index (κ3) is 6.39. The van der Waals surface area contributed by atoms with Gasteiger partial charge in [-0.3, -0.25) is 9.80 Å². The van der Waals surface area contributed by atoms with Gasteiger partial charge in [0.25, 0.3) is 0 Å². The minimum Gasteiger partial charge on any atom is -0.463 e. The van der Waals surface area contributed by atoms with Crippen molar-refractivity contribution in [3.05, 3.63) is 58.8 Å². The van der Waals surface area contributed by atoms with Crippen molar-refractivity contribution >= 4 is 29.6 Å². The summed E-state index contributed by atoms with van der Waals surface area (Å²) in [6, 6.07) is 5.97. The maximum absolute atomic E-state index is 13.3. The van der Waals surface area contributed by atoms with E-state index in [2.05, 4.69) is 22.1 Å². The maximum Gasteiger partial charge on any atom is 0.338 e. The molecule has 196 valence electrons. The normalized spacial score (nSPS) is 20.9. The number of rotatable bonds is 8. The first-order valence-electron chi connectivity index (χ1n) is 12.3. The quantitative estimate of drug-likeness (QED) is 0.406. The molecule has 0 unspecified atom stereocenters. The number of benzene rings is 1. The van der Waals surface area contributed by atoms with Crippen LogP contribution in [-0.4, -0.2) is 84.1 Å². The van der Waals surface area contributed by atoms with Crippen molar-refractivity contribution in [1.29, 1.82) is 0 Å². The molecule has 2 atom stereocenters. The zero-order chi connectivity index (χ0) is 26.4. The van der Waals surface area contributed by atoms with Crippen molar-refractivity contribution in [3.8, 4) is 0 Å². The van der Waals surface area contributed by atoms with Crippen LogP contribution in [0.5, 0.6) is 0 Å². The first-order valence-corrected chi connectivity index (χ1v) is 12.7.